The summed E-state index contributed by atoms with van der Waals surface area (Å²) in [6.45, 7) is 4.64. The van der Waals surface area contributed by atoms with E-state index in [4.69, 9.17) is 9.47 Å². The third kappa shape index (κ3) is 3.97. The molecule has 0 atom stereocenters. The molecule has 0 spiro atoms. The van der Waals surface area contributed by atoms with E-state index in [-0.39, 0.29) is 5.78 Å². The smallest absolute Gasteiger partial charge is 0.180 e. The van der Waals surface area contributed by atoms with Crippen molar-refractivity contribution in [1.82, 2.24) is 9.97 Å². The van der Waals surface area contributed by atoms with Gasteiger partial charge in [0.15, 0.2) is 5.78 Å². The van der Waals surface area contributed by atoms with Crippen molar-refractivity contribution in [3.63, 3.8) is 0 Å². The summed E-state index contributed by atoms with van der Waals surface area (Å²) in [5.74, 6) is 1.39. The Morgan fingerprint density at radius 3 is 2.52 bits per heavy atom. The predicted molar refractivity (Wildman–Crippen MR) is 99.4 cm³/mol. The molecule has 1 aromatic carbocycles. The highest BCUT2D eigenvalue weighted by Gasteiger charge is 2.18. The number of nitrogens with one attached hydrogen (secondary N) is 1. The second-order valence-electron chi connectivity index (χ2n) is 5.64. The Morgan fingerprint density at radius 2 is 1.92 bits per heavy atom. The Balaban J connectivity index is 1.88. The maximum Gasteiger partial charge on any atom is 0.180 e. The molecule has 2 heterocycles. The minimum absolute atomic E-state index is 0.0527. The van der Waals surface area contributed by atoms with Gasteiger partial charge in [-0.3, -0.25) is 4.79 Å². The molecule has 6 heteroatoms. The number of nitrogens with zero attached hydrogens (tertiary/aromatic N) is 1. The molecule has 1 N–H and O–H groups in total. The third-order valence-electron chi connectivity index (χ3n) is 3.71. The maximum atomic E-state index is 12.0. The van der Waals surface area contributed by atoms with Crippen molar-refractivity contribution in [3.05, 3.63) is 47.0 Å². The van der Waals surface area contributed by atoms with E-state index in [1.807, 2.05) is 43.3 Å². The van der Waals surface area contributed by atoms with Gasteiger partial charge in [-0.15, -0.1) is 11.3 Å². The molecule has 5 nitrogen and oxygen atoms in total. The highest BCUT2D eigenvalue weighted by molar-refractivity contribution is 7.15. The van der Waals surface area contributed by atoms with Crippen LogP contribution in [0.15, 0.2) is 36.4 Å². The molecule has 0 bridgehead atoms. The van der Waals surface area contributed by atoms with Gasteiger partial charge in [0, 0.05) is 24.5 Å². The molecule has 130 valence electrons. The van der Waals surface area contributed by atoms with Crippen LogP contribution in [0, 0.1) is 6.92 Å². The number of methoxy groups -OCH3 is 1. The van der Waals surface area contributed by atoms with Crippen LogP contribution in [0.3, 0.4) is 0 Å². The number of aromatic amines is 1. The number of aromatic nitrogens is 2. The number of rotatable bonds is 7. The molecule has 0 amide bonds. The molecule has 3 rings (SSSR count). The fourth-order valence-electron chi connectivity index (χ4n) is 2.46. The molecule has 0 unspecified atom stereocenters. The monoisotopic (exact) mass is 356 g/mol. The van der Waals surface area contributed by atoms with E-state index < -0.39 is 0 Å². The average molecular weight is 356 g/mol. The van der Waals surface area contributed by atoms with E-state index in [2.05, 4.69) is 9.97 Å². The van der Waals surface area contributed by atoms with E-state index in [1.54, 1.807) is 18.4 Å². The first kappa shape index (κ1) is 17.4. The highest BCUT2D eigenvalue weighted by atomic mass is 32.1. The zero-order valence-electron chi connectivity index (χ0n) is 14.5. The molecule has 0 aliphatic carbocycles. The topological polar surface area (TPSA) is 64.2 Å². The van der Waals surface area contributed by atoms with Crippen LogP contribution in [0.1, 0.15) is 22.3 Å². The van der Waals surface area contributed by atoms with Crippen LogP contribution in [0.25, 0.3) is 22.0 Å². The van der Waals surface area contributed by atoms with Crippen molar-refractivity contribution in [1.29, 1.82) is 0 Å². The van der Waals surface area contributed by atoms with E-state index in [9.17, 15) is 4.79 Å². The molecule has 25 heavy (non-hydrogen) atoms. The standard InChI is InChI=1S/C19H20N2O3S/c1-12-4-9-16(25-12)18-17(13(2)22)20-19(21-18)14-5-7-15(8-6-14)24-11-10-23-3/h4-9H,10-11H2,1-3H3,(H,20,21). The number of Topliss-reactive ketones (excluding diaryl/α,β-unsaturated/α-hetero) is 1. The fraction of sp³-hybridized carbons (Fsp3) is 0.263. The van der Waals surface area contributed by atoms with Gasteiger partial charge in [-0.2, -0.15) is 0 Å². The second kappa shape index (κ2) is 7.63. The number of H-pyrrole nitrogens is 1. The summed E-state index contributed by atoms with van der Waals surface area (Å²) >= 11 is 1.64. The van der Waals surface area contributed by atoms with Crippen molar-refractivity contribution >= 4 is 17.1 Å². The first-order valence-electron chi connectivity index (χ1n) is 7.98. The van der Waals surface area contributed by atoms with Crippen LogP contribution in [0.2, 0.25) is 0 Å². The van der Waals surface area contributed by atoms with Gasteiger partial charge in [-0.25, -0.2) is 4.98 Å². The van der Waals surface area contributed by atoms with Crippen molar-refractivity contribution in [2.75, 3.05) is 20.3 Å². The molecule has 0 aliphatic rings. The second-order valence-corrected chi connectivity index (χ2v) is 6.93. The molecule has 2 aromatic heterocycles. The van der Waals surface area contributed by atoms with Crippen LogP contribution < -0.4 is 4.74 Å². The number of benzene rings is 1. The van der Waals surface area contributed by atoms with Crippen LogP contribution >= 0.6 is 11.3 Å². The van der Waals surface area contributed by atoms with Gasteiger partial charge in [-0.05, 0) is 43.3 Å². The van der Waals surface area contributed by atoms with E-state index in [1.165, 1.54) is 11.8 Å². The predicted octanol–water partition coefficient (Wildman–Crippen LogP) is 4.34. The van der Waals surface area contributed by atoms with Crippen LogP contribution in [-0.4, -0.2) is 36.1 Å². The van der Waals surface area contributed by atoms with Gasteiger partial charge in [0.1, 0.15) is 23.9 Å². The molecule has 0 saturated heterocycles. The summed E-state index contributed by atoms with van der Waals surface area (Å²) in [6.07, 6.45) is 0. The lowest BCUT2D eigenvalue weighted by Crippen LogP contribution is -2.03. The quantitative estimate of drug-likeness (QED) is 0.505. The molecule has 3 aromatic rings. The Kier molecular flexibility index (Phi) is 5.31. The Hall–Kier alpha value is -2.44. The van der Waals surface area contributed by atoms with Gasteiger partial charge >= 0.3 is 0 Å². The van der Waals surface area contributed by atoms with E-state index in [0.29, 0.717) is 24.7 Å². The van der Waals surface area contributed by atoms with Gasteiger partial charge in [0.05, 0.1) is 17.2 Å². The normalized spacial score (nSPS) is 10.8. The number of ether oxygens (including phenoxy) is 2. The summed E-state index contributed by atoms with van der Waals surface area (Å²) in [4.78, 5) is 22.0. The number of imidazole rings is 1. The van der Waals surface area contributed by atoms with Crippen LogP contribution in [0.5, 0.6) is 5.75 Å². The number of hydrogen-bond donors (Lipinski definition) is 1. The Labute approximate surface area is 150 Å². The molecule has 0 saturated carbocycles. The lowest BCUT2D eigenvalue weighted by Gasteiger charge is -2.05. The summed E-state index contributed by atoms with van der Waals surface area (Å²) in [5.41, 5.74) is 2.15. The van der Waals surface area contributed by atoms with Crippen molar-refractivity contribution in [2.45, 2.75) is 13.8 Å². The number of thiophene rings is 1. The number of hydrogen-bond acceptors (Lipinski definition) is 5. The minimum atomic E-state index is -0.0527. The highest BCUT2D eigenvalue weighted by Crippen LogP contribution is 2.31. The van der Waals surface area contributed by atoms with Gasteiger partial charge in [-0.1, -0.05) is 0 Å². The number of carbonyl (C=O) groups is 1. The maximum absolute atomic E-state index is 12.0. The first-order valence-corrected chi connectivity index (χ1v) is 8.80. The van der Waals surface area contributed by atoms with Crippen molar-refractivity contribution in [2.24, 2.45) is 0 Å². The van der Waals surface area contributed by atoms with Crippen molar-refractivity contribution < 1.29 is 14.3 Å². The molecule has 0 radical (unpaired) electrons. The summed E-state index contributed by atoms with van der Waals surface area (Å²) in [6, 6.07) is 11.7. The van der Waals surface area contributed by atoms with E-state index in [0.717, 1.165) is 21.9 Å². The lowest BCUT2D eigenvalue weighted by molar-refractivity contribution is 0.101. The SMILES string of the molecule is COCCOc1ccc(-c2nc(C(C)=O)c(-c3ccc(C)s3)[nH]2)cc1. The number of carbonyl (C=O) groups excluding carboxylic acids is 1. The summed E-state index contributed by atoms with van der Waals surface area (Å²) < 4.78 is 10.5. The molecular formula is C19H20N2O3S. The van der Waals surface area contributed by atoms with Crippen LogP contribution in [-0.2, 0) is 4.74 Å². The Bertz CT molecular complexity index is 865. The summed E-state index contributed by atoms with van der Waals surface area (Å²) in [7, 11) is 1.64. The minimum Gasteiger partial charge on any atom is -0.491 e. The largest absolute Gasteiger partial charge is 0.491 e. The van der Waals surface area contributed by atoms with Gasteiger partial charge in [0.2, 0.25) is 0 Å². The fourth-order valence-corrected chi connectivity index (χ4v) is 3.33. The van der Waals surface area contributed by atoms with Crippen LogP contribution in [0.4, 0.5) is 0 Å². The number of aryl methyl sites for hydroxylation is 1. The lowest BCUT2D eigenvalue weighted by atomic mass is 10.2. The summed E-state index contributed by atoms with van der Waals surface area (Å²) in [5, 5.41) is 0. The zero-order chi connectivity index (χ0) is 17.8. The molecule has 0 fully saturated rings. The van der Waals surface area contributed by atoms with E-state index >= 15 is 0 Å². The molecule has 0 aliphatic heterocycles. The molecular weight excluding hydrogens is 336 g/mol. The first-order chi connectivity index (χ1) is 12.1. The zero-order valence-corrected chi connectivity index (χ0v) is 15.3. The third-order valence-corrected chi connectivity index (χ3v) is 4.73. The number of ketones is 1. The van der Waals surface area contributed by atoms with Crippen molar-refractivity contribution in [3.8, 4) is 27.7 Å². The van der Waals surface area contributed by atoms with Gasteiger partial charge < -0.3 is 14.5 Å². The van der Waals surface area contributed by atoms with Gasteiger partial charge in [0.25, 0.3) is 0 Å². The Morgan fingerprint density at radius 1 is 1.16 bits per heavy atom. The average Bonchev–Trinajstić information content (AvgIpc) is 3.22.